The summed E-state index contributed by atoms with van der Waals surface area (Å²) >= 11 is 1.76. The van der Waals surface area contributed by atoms with Gasteiger partial charge in [-0.05, 0) is 34.6 Å². The molecule has 0 amide bonds. The van der Waals surface area contributed by atoms with E-state index in [2.05, 4.69) is 58.2 Å². The second-order valence-corrected chi connectivity index (χ2v) is 7.29. The van der Waals surface area contributed by atoms with E-state index in [0.29, 0.717) is 25.7 Å². The summed E-state index contributed by atoms with van der Waals surface area (Å²) < 4.78 is 5.80. The highest BCUT2D eigenvalue weighted by Crippen LogP contribution is 2.10. The van der Waals surface area contributed by atoms with E-state index in [-0.39, 0.29) is 0 Å². The maximum absolute atomic E-state index is 5.96. The number of nitrogens with zero attached hydrogens (tertiary/aromatic N) is 1. The summed E-state index contributed by atoms with van der Waals surface area (Å²) in [6, 6.07) is 22.7. The Kier molecular flexibility index (Phi) is 7.45. The lowest BCUT2D eigenvalue weighted by atomic mass is 10.1. The zero-order valence-corrected chi connectivity index (χ0v) is 16.1. The van der Waals surface area contributed by atoms with E-state index in [1.165, 1.54) is 10.4 Å². The van der Waals surface area contributed by atoms with E-state index in [0.717, 1.165) is 24.1 Å². The van der Waals surface area contributed by atoms with Gasteiger partial charge >= 0.3 is 0 Å². The van der Waals surface area contributed by atoms with Crippen molar-refractivity contribution < 1.29 is 4.74 Å². The Hall–Kier alpha value is -2.63. The number of nitrogens with two attached hydrogens (primary N) is 1. The van der Waals surface area contributed by atoms with Gasteiger partial charge in [0.25, 0.3) is 0 Å². The molecule has 3 aromatic rings. The van der Waals surface area contributed by atoms with E-state index in [1.807, 2.05) is 24.3 Å². The van der Waals surface area contributed by atoms with Gasteiger partial charge in [0.05, 0.1) is 19.8 Å². The monoisotopic (exact) mass is 379 g/mol. The first-order chi connectivity index (χ1) is 13.3. The number of aliphatic imine (C=N–C) groups is 1. The second-order valence-electron chi connectivity index (χ2n) is 6.26. The van der Waals surface area contributed by atoms with Crippen LogP contribution in [0.2, 0.25) is 0 Å². The first kappa shape index (κ1) is 19.1. The minimum Gasteiger partial charge on any atom is -0.372 e. The lowest BCUT2D eigenvalue weighted by Crippen LogP contribution is -2.33. The van der Waals surface area contributed by atoms with E-state index >= 15 is 0 Å². The third kappa shape index (κ3) is 6.89. The van der Waals surface area contributed by atoms with E-state index < -0.39 is 0 Å². The van der Waals surface area contributed by atoms with E-state index in [1.54, 1.807) is 11.3 Å². The van der Waals surface area contributed by atoms with E-state index in [9.17, 15) is 0 Å². The molecule has 0 aliphatic rings. The number of guanidine groups is 1. The number of hydrogen-bond acceptors (Lipinski definition) is 3. The maximum atomic E-state index is 5.96. The largest absolute Gasteiger partial charge is 0.372 e. The van der Waals surface area contributed by atoms with Crippen molar-refractivity contribution in [3.8, 4) is 0 Å². The average Bonchev–Trinajstić information content (AvgIpc) is 3.21. The SMILES string of the molecule is NC(=NCc1cccc(COCc2ccccc2)c1)NCCc1cccs1. The fourth-order valence-corrected chi connectivity index (χ4v) is 3.39. The number of nitrogens with one attached hydrogen (secondary N) is 1. The highest BCUT2D eigenvalue weighted by molar-refractivity contribution is 7.09. The normalized spacial score (nSPS) is 11.5. The smallest absolute Gasteiger partial charge is 0.188 e. The lowest BCUT2D eigenvalue weighted by molar-refractivity contribution is 0.107. The van der Waals surface area contributed by atoms with E-state index in [4.69, 9.17) is 10.5 Å². The van der Waals surface area contributed by atoms with Gasteiger partial charge in [0.15, 0.2) is 5.96 Å². The fourth-order valence-electron chi connectivity index (χ4n) is 2.68. The Morgan fingerprint density at radius 2 is 1.70 bits per heavy atom. The molecule has 1 heterocycles. The molecule has 0 unspecified atom stereocenters. The fraction of sp³-hybridized carbons (Fsp3) is 0.227. The molecule has 0 aliphatic heterocycles. The van der Waals surface area contributed by atoms with Gasteiger partial charge in [-0.3, -0.25) is 0 Å². The Balaban J connectivity index is 1.42. The average molecular weight is 380 g/mol. The zero-order valence-electron chi connectivity index (χ0n) is 15.3. The van der Waals surface area contributed by atoms with Crippen molar-refractivity contribution in [2.24, 2.45) is 10.7 Å². The number of hydrogen-bond donors (Lipinski definition) is 2. The quantitative estimate of drug-likeness (QED) is 0.434. The zero-order chi connectivity index (χ0) is 18.7. The van der Waals surface area contributed by atoms with Crippen molar-refractivity contribution in [1.29, 1.82) is 0 Å². The molecule has 5 heteroatoms. The van der Waals surface area contributed by atoms with Gasteiger partial charge in [-0.1, -0.05) is 60.7 Å². The summed E-state index contributed by atoms with van der Waals surface area (Å²) in [5.74, 6) is 0.484. The molecule has 0 fully saturated rings. The van der Waals surface area contributed by atoms with Crippen molar-refractivity contribution >= 4 is 17.3 Å². The third-order valence-electron chi connectivity index (χ3n) is 4.06. The molecular weight excluding hydrogens is 354 g/mol. The number of thiophene rings is 1. The summed E-state index contributed by atoms with van der Waals surface area (Å²) in [5, 5.41) is 5.25. The molecule has 0 saturated carbocycles. The Morgan fingerprint density at radius 3 is 2.52 bits per heavy atom. The van der Waals surface area contributed by atoms with Crippen LogP contribution in [0.1, 0.15) is 21.6 Å². The first-order valence-electron chi connectivity index (χ1n) is 9.05. The van der Waals surface area contributed by atoms with Crippen LogP contribution in [0, 0.1) is 0 Å². The number of benzene rings is 2. The molecule has 3 N–H and O–H groups in total. The summed E-state index contributed by atoms with van der Waals surface area (Å²) in [7, 11) is 0. The van der Waals surface area contributed by atoms with Crippen LogP contribution >= 0.6 is 11.3 Å². The van der Waals surface area contributed by atoms with Crippen molar-refractivity contribution in [3.05, 3.63) is 93.7 Å². The molecule has 0 saturated heterocycles. The van der Waals surface area contributed by atoms with Crippen LogP contribution in [-0.2, 0) is 30.9 Å². The Bertz CT molecular complexity index is 832. The molecule has 0 atom stereocenters. The van der Waals surface area contributed by atoms with Gasteiger partial charge in [-0.15, -0.1) is 11.3 Å². The van der Waals surface area contributed by atoms with Gasteiger partial charge < -0.3 is 15.8 Å². The van der Waals surface area contributed by atoms with Gasteiger partial charge in [0.1, 0.15) is 0 Å². The van der Waals surface area contributed by atoms with Crippen LogP contribution < -0.4 is 11.1 Å². The number of rotatable bonds is 9. The second kappa shape index (κ2) is 10.5. The van der Waals surface area contributed by atoms with Gasteiger partial charge in [0, 0.05) is 11.4 Å². The third-order valence-corrected chi connectivity index (χ3v) is 5.00. The van der Waals surface area contributed by atoms with Crippen molar-refractivity contribution in [3.63, 3.8) is 0 Å². The van der Waals surface area contributed by atoms with Crippen LogP contribution in [0.5, 0.6) is 0 Å². The predicted octanol–water partition coefficient (Wildman–Crippen LogP) is 4.11. The summed E-state index contributed by atoms with van der Waals surface area (Å²) in [4.78, 5) is 5.77. The maximum Gasteiger partial charge on any atom is 0.188 e. The summed E-state index contributed by atoms with van der Waals surface area (Å²) in [6.45, 7) is 2.55. The van der Waals surface area contributed by atoms with Crippen LogP contribution in [0.4, 0.5) is 0 Å². The van der Waals surface area contributed by atoms with Gasteiger partial charge in [-0.2, -0.15) is 0 Å². The van der Waals surface area contributed by atoms with Crippen molar-refractivity contribution in [2.75, 3.05) is 6.54 Å². The lowest BCUT2D eigenvalue weighted by Gasteiger charge is -2.07. The molecule has 140 valence electrons. The first-order valence-corrected chi connectivity index (χ1v) is 9.93. The minimum atomic E-state index is 0.484. The summed E-state index contributed by atoms with van der Waals surface area (Å²) in [6.07, 6.45) is 0.960. The molecular formula is C22H25N3OS. The molecule has 2 aromatic carbocycles. The molecule has 27 heavy (non-hydrogen) atoms. The minimum absolute atomic E-state index is 0.484. The Labute approximate surface area is 164 Å². The molecule has 3 rings (SSSR count). The van der Waals surface area contributed by atoms with Gasteiger partial charge in [0.2, 0.25) is 0 Å². The Morgan fingerprint density at radius 1 is 0.926 bits per heavy atom. The molecule has 1 aromatic heterocycles. The molecule has 0 radical (unpaired) electrons. The molecule has 0 bridgehead atoms. The molecule has 0 spiro atoms. The topological polar surface area (TPSA) is 59.6 Å². The van der Waals surface area contributed by atoms with Crippen molar-refractivity contribution in [1.82, 2.24) is 5.32 Å². The van der Waals surface area contributed by atoms with Crippen LogP contribution in [-0.4, -0.2) is 12.5 Å². The number of ether oxygens (including phenoxy) is 1. The highest BCUT2D eigenvalue weighted by Gasteiger charge is 1.99. The molecule has 0 aliphatic carbocycles. The van der Waals surface area contributed by atoms with Crippen LogP contribution in [0.15, 0.2) is 77.1 Å². The standard InChI is InChI=1S/C22H25N3OS/c23-22(24-12-11-21-10-5-13-27-21)25-15-19-8-4-9-20(14-19)17-26-16-18-6-2-1-3-7-18/h1-10,13-14H,11-12,15-17H2,(H3,23,24,25). The van der Waals surface area contributed by atoms with Crippen molar-refractivity contribution in [2.45, 2.75) is 26.2 Å². The van der Waals surface area contributed by atoms with Crippen LogP contribution in [0.25, 0.3) is 0 Å². The molecule has 4 nitrogen and oxygen atoms in total. The predicted molar refractivity (Wildman–Crippen MR) is 113 cm³/mol. The van der Waals surface area contributed by atoms with Gasteiger partial charge in [-0.25, -0.2) is 4.99 Å². The summed E-state index contributed by atoms with van der Waals surface area (Å²) in [5.41, 5.74) is 9.41. The highest BCUT2D eigenvalue weighted by atomic mass is 32.1. The van der Waals surface area contributed by atoms with Crippen LogP contribution in [0.3, 0.4) is 0 Å².